The fourth-order valence-corrected chi connectivity index (χ4v) is 3.46. The smallest absolute Gasteiger partial charge is 0.312 e. The van der Waals surface area contributed by atoms with Crippen LogP contribution in [0.5, 0.6) is 11.5 Å². The minimum absolute atomic E-state index is 0.0373. The van der Waals surface area contributed by atoms with Crippen LogP contribution in [-0.4, -0.2) is 20.6 Å². The van der Waals surface area contributed by atoms with Crippen molar-refractivity contribution in [3.05, 3.63) is 21.7 Å². The minimum Gasteiger partial charge on any atom is -0.426 e. The van der Waals surface area contributed by atoms with E-state index >= 15 is 0 Å². The molecule has 0 radical (unpaired) electrons. The van der Waals surface area contributed by atoms with E-state index in [9.17, 15) is 13.2 Å². The summed E-state index contributed by atoms with van der Waals surface area (Å²) in [5, 5.41) is 0.0000926. The van der Waals surface area contributed by atoms with Gasteiger partial charge in [0.05, 0.1) is 22.7 Å². The molecule has 20 heavy (non-hydrogen) atoms. The highest BCUT2D eigenvalue weighted by Crippen LogP contribution is 2.49. The molecule has 1 aliphatic rings. The second kappa shape index (κ2) is 4.79. The van der Waals surface area contributed by atoms with E-state index in [0.29, 0.717) is 5.56 Å². The van der Waals surface area contributed by atoms with Gasteiger partial charge in [0.2, 0.25) is 0 Å². The maximum atomic E-state index is 11.5. The Kier molecular flexibility index (Phi) is 3.69. The molecular formula is C12H12Cl2O5S. The fraction of sp³-hybridized carbons (Fsp3) is 0.417. The SMILES string of the molecule is CC1(C)CC(=O)Oc2cc(Cl)c(OS(C)(=O)=O)c(Cl)c21. The van der Waals surface area contributed by atoms with Crippen LogP contribution >= 0.6 is 23.2 Å². The van der Waals surface area contributed by atoms with E-state index in [-0.39, 0.29) is 28.0 Å². The van der Waals surface area contributed by atoms with Crippen molar-refractivity contribution in [3.8, 4) is 11.5 Å². The Morgan fingerprint density at radius 3 is 2.50 bits per heavy atom. The lowest BCUT2D eigenvalue weighted by Gasteiger charge is -2.32. The third-order valence-electron chi connectivity index (χ3n) is 2.86. The summed E-state index contributed by atoms with van der Waals surface area (Å²) >= 11 is 12.2. The minimum atomic E-state index is -3.77. The molecule has 0 spiro atoms. The second-order valence-electron chi connectivity index (χ2n) is 5.20. The number of hydrogen-bond acceptors (Lipinski definition) is 5. The monoisotopic (exact) mass is 338 g/mol. The lowest BCUT2D eigenvalue weighted by atomic mass is 9.79. The molecule has 0 unspecified atom stereocenters. The highest BCUT2D eigenvalue weighted by atomic mass is 35.5. The second-order valence-corrected chi connectivity index (χ2v) is 7.56. The van der Waals surface area contributed by atoms with Gasteiger partial charge in [0.15, 0.2) is 5.75 Å². The zero-order valence-corrected chi connectivity index (χ0v) is 13.3. The van der Waals surface area contributed by atoms with Crippen molar-refractivity contribution in [2.24, 2.45) is 0 Å². The molecule has 0 saturated heterocycles. The third kappa shape index (κ3) is 2.87. The molecule has 1 aromatic rings. The molecule has 0 fully saturated rings. The lowest BCUT2D eigenvalue weighted by molar-refractivity contribution is -0.136. The normalized spacial score (nSPS) is 17.4. The number of fused-ring (bicyclic) bond motifs is 1. The molecule has 1 heterocycles. The van der Waals surface area contributed by atoms with Crippen molar-refractivity contribution < 1.29 is 22.1 Å². The zero-order chi connectivity index (χ0) is 15.3. The highest BCUT2D eigenvalue weighted by molar-refractivity contribution is 7.86. The molecule has 1 aromatic carbocycles. The predicted molar refractivity (Wildman–Crippen MR) is 75.2 cm³/mol. The summed E-state index contributed by atoms with van der Waals surface area (Å²) in [7, 11) is -3.77. The van der Waals surface area contributed by atoms with Crippen LogP contribution in [0.3, 0.4) is 0 Å². The maximum absolute atomic E-state index is 11.5. The first-order valence-corrected chi connectivity index (χ1v) is 8.21. The molecule has 0 amide bonds. The maximum Gasteiger partial charge on any atom is 0.312 e. The Labute approximate surface area is 126 Å². The summed E-state index contributed by atoms with van der Waals surface area (Å²) in [4.78, 5) is 11.5. The van der Waals surface area contributed by atoms with Crippen molar-refractivity contribution >= 4 is 39.3 Å². The molecule has 110 valence electrons. The Balaban J connectivity index is 2.69. The van der Waals surface area contributed by atoms with Crippen LogP contribution in [0.4, 0.5) is 0 Å². The average Bonchev–Trinajstić information content (AvgIpc) is 2.19. The van der Waals surface area contributed by atoms with Crippen molar-refractivity contribution in [1.29, 1.82) is 0 Å². The number of benzene rings is 1. The number of hydrogen-bond donors (Lipinski definition) is 0. The molecule has 0 aliphatic carbocycles. The molecule has 0 saturated carbocycles. The van der Waals surface area contributed by atoms with Crippen molar-refractivity contribution in [2.45, 2.75) is 25.7 Å². The van der Waals surface area contributed by atoms with Gasteiger partial charge in [-0.15, -0.1) is 0 Å². The molecule has 0 N–H and O–H groups in total. The Hall–Kier alpha value is -0.980. The predicted octanol–water partition coefficient (Wildman–Crippen LogP) is 2.92. The van der Waals surface area contributed by atoms with Gasteiger partial charge in [0.1, 0.15) is 5.75 Å². The van der Waals surface area contributed by atoms with E-state index in [2.05, 4.69) is 0 Å². The summed E-state index contributed by atoms with van der Waals surface area (Å²) in [6.07, 6.45) is 1.02. The van der Waals surface area contributed by atoms with Crippen molar-refractivity contribution in [3.63, 3.8) is 0 Å². The number of carbonyl (C=O) groups is 1. The van der Waals surface area contributed by atoms with Crippen LogP contribution in [0.2, 0.25) is 10.0 Å². The molecule has 8 heteroatoms. The van der Waals surface area contributed by atoms with Gasteiger partial charge in [-0.05, 0) is 0 Å². The van der Waals surface area contributed by atoms with E-state index in [4.69, 9.17) is 32.1 Å². The summed E-state index contributed by atoms with van der Waals surface area (Å²) in [5.41, 5.74) is -0.107. The van der Waals surface area contributed by atoms with Gasteiger partial charge in [-0.2, -0.15) is 8.42 Å². The first kappa shape index (κ1) is 15.4. The largest absolute Gasteiger partial charge is 0.426 e. The van der Waals surface area contributed by atoms with Gasteiger partial charge in [-0.1, -0.05) is 37.0 Å². The fourth-order valence-electron chi connectivity index (χ4n) is 2.13. The first-order valence-electron chi connectivity index (χ1n) is 5.64. The zero-order valence-electron chi connectivity index (χ0n) is 11.0. The van der Waals surface area contributed by atoms with E-state index < -0.39 is 21.5 Å². The van der Waals surface area contributed by atoms with Crippen LogP contribution < -0.4 is 8.92 Å². The van der Waals surface area contributed by atoms with E-state index in [1.807, 2.05) is 0 Å². The van der Waals surface area contributed by atoms with E-state index in [0.717, 1.165) is 6.26 Å². The van der Waals surface area contributed by atoms with Crippen LogP contribution in [0.25, 0.3) is 0 Å². The summed E-state index contributed by atoms with van der Waals surface area (Å²) in [5.74, 6) is -0.325. The quantitative estimate of drug-likeness (QED) is 0.471. The highest BCUT2D eigenvalue weighted by Gasteiger charge is 2.38. The van der Waals surface area contributed by atoms with Crippen molar-refractivity contribution in [1.82, 2.24) is 0 Å². The summed E-state index contributed by atoms with van der Waals surface area (Å²) in [6.45, 7) is 3.60. The molecule has 0 aromatic heterocycles. The van der Waals surface area contributed by atoms with Gasteiger partial charge >= 0.3 is 16.1 Å². The van der Waals surface area contributed by atoms with Gasteiger partial charge < -0.3 is 8.92 Å². The van der Waals surface area contributed by atoms with E-state index in [1.54, 1.807) is 13.8 Å². The topological polar surface area (TPSA) is 69.7 Å². The van der Waals surface area contributed by atoms with Gasteiger partial charge in [-0.3, -0.25) is 4.79 Å². The molecule has 5 nitrogen and oxygen atoms in total. The molecule has 1 aliphatic heterocycles. The number of carbonyl (C=O) groups excluding carboxylic acids is 1. The molecule has 2 rings (SSSR count). The van der Waals surface area contributed by atoms with Crippen LogP contribution in [-0.2, 0) is 20.3 Å². The van der Waals surface area contributed by atoms with E-state index in [1.165, 1.54) is 6.07 Å². The van der Waals surface area contributed by atoms with Crippen LogP contribution in [0, 0.1) is 0 Å². The Bertz CT molecular complexity index is 694. The average molecular weight is 339 g/mol. The third-order valence-corrected chi connectivity index (χ3v) is 3.97. The first-order chi connectivity index (χ1) is 9.01. The van der Waals surface area contributed by atoms with Crippen LogP contribution in [0.1, 0.15) is 25.8 Å². The number of esters is 1. The molecule has 0 atom stereocenters. The van der Waals surface area contributed by atoms with Gasteiger partial charge in [0.25, 0.3) is 0 Å². The molecular weight excluding hydrogens is 327 g/mol. The summed E-state index contributed by atoms with van der Waals surface area (Å²) in [6, 6.07) is 1.34. The Morgan fingerprint density at radius 2 is 1.95 bits per heavy atom. The number of ether oxygens (including phenoxy) is 1. The van der Waals surface area contributed by atoms with Crippen molar-refractivity contribution in [2.75, 3.05) is 6.26 Å². The van der Waals surface area contributed by atoms with Gasteiger partial charge in [0, 0.05) is 17.0 Å². The summed E-state index contributed by atoms with van der Waals surface area (Å²) < 4.78 is 32.4. The standard InChI is InChI=1S/C12H12Cl2O5S/c1-12(2)5-8(15)18-7-4-6(13)11(10(14)9(7)12)19-20(3,16)17/h4H,5H2,1-3H3. The molecule has 0 bridgehead atoms. The lowest BCUT2D eigenvalue weighted by Crippen LogP contribution is -2.31. The Morgan fingerprint density at radius 1 is 1.35 bits per heavy atom. The van der Waals surface area contributed by atoms with Gasteiger partial charge in [-0.25, -0.2) is 0 Å². The van der Waals surface area contributed by atoms with Crippen LogP contribution in [0.15, 0.2) is 6.07 Å². The number of rotatable bonds is 2. The number of halogens is 2.